The maximum absolute atomic E-state index is 13.1. The highest BCUT2D eigenvalue weighted by molar-refractivity contribution is 7.89. The molecule has 1 aliphatic rings. The van der Waals surface area contributed by atoms with Gasteiger partial charge in [0.25, 0.3) is 0 Å². The van der Waals surface area contributed by atoms with Gasteiger partial charge in [-0.1, -0.05) is 0 Å². The molecule has 1 aromatic carbocycles. The molecule has 122 valence electrons. The van der Waals surface area contributed by atoms with E-state index in [0.717, 1.165) is 22.5 Å². The standard InChI is InChI=1S/C16H18FN3O2S/c1-2-23(21,22)20-9-7-14-15(8-10-20)18-11-19-16(14)12-3-5-13(17)6-4-12/h3-6,11H,2,7-10H2,1H3. The number of halogens is 1. The van der Waals surface area contributed by atoms with E-state index in [0.29, 0.717) is 25.9 Å². The monoisotopic (exact) mass is 335 g/mol. The van der Waals surface area contributed by atoms with Crippen molar-refractivity contribution >= 4 is 10.0 Å². The fraction of sp³-hybridized carbons (Fsp3) is 0.375. The van der Waals surface area contributed by atoms with Crippen molar-refractivity contribution in [2.75, 3.05) is 18.8 Å². The van der Waals surface area contributed by atoms with Crippen LogP contribution in [0.15, 0.2) is 30.6 Å². The van der Waals surface area contributed by atoms with Crippen molar-refractivity contribution in [3.05, 3.63) is 47.7 Å². The van der Waals surface area contributed by atoms with Crippen LogP contribution in [0.4, 0.5) is 4.39 Å². The van der Waals surface area contributed by atoms with E-state index < -0.39 is 10.0 Å². The van der Waals surface area contributed by atoms with Crippen molar-refractivity contribution in [3.8, 4) is 11.3 Å². The van der Waals surface area contributed by atoms with E-state index >= 15 is 0 Å². The molecule has 0 bridgehead atoms. The fourth-order valence-corrected chi connectivity index (χ4v) is 3.93. The molecular weight excluding hydrogens is 317 g/mol. The molecule has 7 heteroatoms. The average molecular weight is 335 g/mol. The van der Waals surface area contributed by atoms with E-state index in [1.807, 2.05) is 0 Å². The summed E-state index contributed by atoms with van der Waals surface area (Å²) in [5, 5.41) is 0. The molecule has 0 amide bonds. The van der Waals surface area contributed by atoms with E-state index in [1.54, 1.807) is 19.1 Å². The molecule has 0 atom stereocenters. The Kier molecular flexibility index (Phi) is 4.41. The summed E-state index contributed by atoms with van der Waals surface area (Å²) in [6.45, 7) is 2.50. The predicted octanol–water partition coefficient (Wildman–Crippen LogP) is 2.03. The zero-order valence-electron chi connectivity index (χ0n) is 12.9. The van der Waals surface area contributed by atoms with Gasteiger partial charge in [-0.2, -0.15) is 0 Å². The number of benzene rings is 1. The van der Waals surface area contributed by atoms with E-state index in [4.69, 9.17) is 0 Å². The lowest BCUT2D eigenvalue weighted by molar-refractivity contribution is 0.427. The second-order valence-electron chi connectivity index (χ2n) is 5.45. The van der Waals surface area contributed by atoms with Gasteiger partial charge in [-0.15, -0.1) is 0 Å². The summed E-state index contributed by atoms with van der Waals surface area (Å²) in [7, 11) is -3.21. The lowest BCUT2D eigenvalue weighted by Crippen LogP contribution is -2.34. The Morgan fingerprint density at radius 3 is 2.52 bits per heavy atom. The minimum atomic E-state index is -3.21. The van der Waals surface area contributed by atoms with Crippen LogP contribution >= 0.6 is 0 Å². The predicted molar refractivity (Wildman–Crippen MR) is 85.9 cm³/mol. The molecule has 0 saturated carbocycles. The Labute approximate surface area is 135 Å². The van der Waals surface area contributed by atoms with Crippen molar-refractivity contribution in [3.63, 3.8) is 0 Å². The Balaban J connectivity index is 1.96. The largest absolute Gasteiger partial charge is 0.241 e. The van der Waals surface area contributed by atoms with Crippen molar-refractivity contribution < 1.29 is 12.8 Å². The topological polar surface area (TPSA) is 63.2 Å². The molecule has 5 nitrogen and oxygen atoms in total. The first-order chi connectivity index (χ1) is 11.0. The number of fused-ring (bicyclic) bond motifs is 1. The molecular formula is C16H18FN3O2S. The maximum atomic E-state index is 13.1. The second kappa shape index (κ2) is 6.33. The van der Waals surface area contributed by atoms with E-state index in [9.17, 15) is 12.8 Å². The Morgan fingerprint density at radius 2 is 1.83 bits per heavy atom. The molecule has 2 heterocycles. The molecule has 3 rings (SSSR count). The minimum absolute atomic E-state index is 0.0971. The van der Waals surface area contributed by atoms with Gasteiger partial charge >= 0.3 is 0 Å². The zero-order valence-corrected chi connectivity index (χ0v) is 13.7. The quantitative estimate of drug-likeness (QED) is 0.861. The molecule has 0 N–H and O–H groups in total. The number of hydrogen-bond donors (Lipinski definition) is 0. The van der Waals surface area contributed by atoms with Crippen LogP contribution in [-0.4, -0.2) is 41.5 Å². The minimum Gasteiger partial charge on any atom is -0.241 e. The highest BCUT2D eigenvalue weighted by Crippen LogP contribution is 2.26. The highest BCUT2D eigenvalue weighted by atomic mass is 32.2. The third kappa shape index (κ3) is 3.25. The maximum Gasteiger partial charge on any atom is 0.213 e. The van der Waals surface area contributed by atoms with Gasteiger partial charge in [0.15, 0.2) is 0 Å². The van der Waals surface area contributed by atoms with Crippen LogP contribution in [0.1, 0.15) is 18.2 Å². The first-order valence-electron chi connectivity index (χ1n) is 7.58. The fourth-order valence-electron chi connectivity index (χ4n) is 2.82. The summed E-state index contributed by atoms with van der Waals surface area (Å²) in [5.74, 6) is -0.200. The molecule has 23 heavy (non-hydrogen) atoms. The van der Waals surface area contributed by atoms with Gasteiger partial charge in [-0.3, -0.25) is 0 Å². The van der Waals surface area contributed by atoms with Crippen LogP contribution in [-0.2, 0) is 22.9 Å². The highest BCUT2D eigenvalue weighted by Gasteiger charge is 2.25. The lowest BCUT2D eigenvalue weighted by Gasteiger charge is -2.18. The van der Waals surface area contributed by atoms with Crippen LogP contribution in [0.25, 0.3) is 11.3 Å². The zero-order chi connectivity index (χ0) is 16.4. The summed E-state index contributed by atoms with van der Waals surface area (Å²) >= 11 is 0. The molecule has 0 aliphatic carbocycles. The molecule has 2 aromatic rings. The summed E-state index contributed by atoms with van der Waals surface area (Å²) in [4.78, 5) is 8.66. The number of hydrogen-bond acceptors (Lipinski definition) is 4. The third-order valence-corrected chi connectivity index (χ3v) is 6.00. The van der Waals surface area contributed by atoms with Crippen LogP contribution < -0.4 is 0 Å². The van der Waals surface area contributed by atoms with Crippen LogP contribution in [0.5, 0.6) is 0 Å². The van der Waals surface area contributed by atoms with Gasteiger partial charge < -0.3 is 0 Å². The van der Waals surface area contributed by atoms with Gasteiger partial charge in [0.05, 0.1) is 11.4 Å². The van der Waals surface area contributed by atoms with Crippen LogP contribution in [0, 0.1) is 5.82 Å². The molecule has 0 radical (unpaired) electrons. The van der Waals surface area contributed by atoms with E-state index in [2.05, 4.69) is 9.97 Å². The SMILES string of the molecule is CCS(=O)(=O)N1CCc2ncnc(-c3ccc(F)cc3)c2CC1. The Morgan fingerprint density at radius 1 is 1.13 bits per heavy atom. The van der Waals surface area contributed by atoms with Crippen LogP contribution in [0.2, 0.25) is 0 Å². The normalized spacial score (nSPS) is 15.9. The first-order valence-corrected chi connectivity index (χ1v) is 9.18. The molecule has 0 fully saturated rings. The number of aromatic nitrogens is 2. The van der Waals surface area contributed by atoms with E-state index in [1.165, 1.54) is 22.8 Å². The molecule has 0 saturated heterocycles. The van der Waals surface area contributed by atoms with Crippen LogP contribution in [0.3, 0.4) is 0 Å². The van der Waals surface area contributed by atoms with Gasteiger partial charge in [0.2, 0.25) is 10.0 Å². The summed E-state index contributed by atoms with van der Waals surface area (Å²) in [5.41, 5.74) is 3.39. The van der Waals surface area contributed by atoms with Crippen molar-refractivity contribution in [1.29, 1.82) is 0 Å². The summed E-state index contributed by atoms with van der Waals surface area (Å²) in [6, 6.07) is 6.16. The van der Waals surface area contributed by atoms with Crippen molar-refractivity contribution in [2.45, 2.75) is 19.8 Å². The van der Waals surface area contributed by atoms with Crippen molar-refractivity contribution in [2.24, 2.45) is 0 Å². The van der Waals surface area contributed by atoms with Gasteiger partial charge in [0, 0.05) is 36.3 Å². The molecule has 1 aliphatic heterocycles. The van der Waals surface area contributed by atoms with Gasteiger partial charge in [-0.05, 0) is 37.6 Å². The summed E-state index contributed by atoms with van der Waals surface area (Å²) in [6.07, 6.45) is 2.61. The van der Waals surface area contributed by atoms with E-state index in [-0.39, 0.29) is 11.6 Å². The molecule has 0 unspecified atom stereocenters. The average Bonchev–Trinajstić information content (AvgIpc) is 2.78. The Hall–Kier alpha value is -1.86. The smallest absolute Gasteiger partial charge is 0.213 e. The molecule has 1 aromatic heterocycles. The number of rotatable bonds is 3. The summed E-state index contributed by atoms with van der Waals surface area (Å²) < 4.78 is 38.8. The third-order valence-electron chi connectivity index (χ3n) is 4.12. The first kappa shape index (κ1) is 16.0. The second-order valence-corrected chi connectivity index (χ2v) is 7.71. The molecule has 0 spiro atoms. The van der Waals surface area contributed by atoms with Gasteiger partial charge in [0.1, 0.15) is 12.1 Å². The van der Waals surface area contributed by atoms with Gasteiger partial charge in [-0.25, -0.2) is 27.1 Å². The Bertz CT molecular complexity index is 807. The van der Waals surface area contributed by atoms with Crippen molar-refractivity contribution in [1.82, 2.24) is 14.3 Å². The number of sulfonamides is 1. The lowest BCUT2D eigenvalue weighted by atomic mass is 10.0. The number of nitrogens with zero attached hydrogens (tertiary/aromatic N) is 3.